The summed E-state index contributed by atoms with van der Waals surface area (Å²) >= 11 is 1.49. The number of carbonyl (C=O) groups excluding carboxylic acids is 1. The van der Waals surface area contributed by atoms with E-state index >= 15 is 0 Å². The quantitative estimate of drug-likeness (QED) is 0.720. The summed E-state index contributed by atoms with van der Waals surface area (Å²) in [5.41, 5.74) is 7.72. The van der Waals surface area contributed by atoms with E-state index in [0.717, 1.165) is 44.7 Å². The normalized spacial score (nSPS) is 27.1. The number of amides is 1. The maximum atomic E-state index is 13.5. The molecule has 2 atom stereocenters. The van der Waals surface area contributed by atoms with Crippen molar-refractivity contribution in [2.24, 2.45) is 11.3 Å². The maximum absolute atomic E-state index is 13.5. The van der Waals surface area contributed by atoms with Crippen LogP contribution in [0.15, 0.2) is 35.7 Å². The summed E-state index contributed by atoms with van der Waals surface area (Å²) < 4.78 is 5.70. The first-order valence-corrected chi connectivity index (χ1v) is 10.9. The molecule has 0 aliphatic carbocycles. The fraction of sp³-hybridized carbons (Fsp3) is 0.524. The number of halogens is 2. The zero-order valence-corrected chi connectivity index (χ0v) is 19.2. The molecule has 164 valence electrons. The molecule has 0 unspecified atom stereocenters. The van der Waals surface area contributed by atoms with Gasteiger partial charge in [0.2, 0.25) is 5.91 Å². The lowest BCUT2D eigenvalue weighted by Crippen LogP contribution is -2.53. The number of benzene rings is 1. The van der Waals surface area contributed by atoms with Gasteiger partial charge in [-0.15, -0.1) is 36.2 Å². The first kappa shape index (κ1) is 23.3. The molecule has 6 nitrogen and oxygen atoms in total. The van der Waals surface area contributed by atoms with E-state index in [2.05, 4.69) is 44.8 Å². The van der Waals surface area contributed by atoms with Crippen molar-refractivity contribution < 1.29 is 9.53 Å². The van der Waals surface area contributed by atoms with Gasteiger partial charge in [0.25, 0.3) is 0 Å². The molecule has 3 aliphatic heterocycles. The van der Waals surface area contributed by atoms with Crippen LogP contribution in [0, 0.1) is 11.3 Å². The number of nitrogens with zero attached hydrogens (tertiary/aromatic N) is 2. The van der Waals surface area contributed by atoms with Gasteiger partial charge in [0.1, 0.15) is 0 Å². The van der Waals surface area contributed by atoms with Gasteiger partial charge in [-0.25, -0.2) is 4.98 Å². The minimum atomic E-state index is -0.363. The third-order valence-electron chi connectivity index (χ3n) is 6.96. The summed E-state index contributed by atoms with van der Waals surface area (Å²) in [6.45, 7) is 4.33. The predicted octanol–water partition coefficient (Wildman–Crippen LogP) is 2.71. The summed E-state index contributed by atoms with van der Waals surface area (Å²) in [5, 5.41) is 6.09. The monoisotopic (exact) mass is 470 g/mol. The molecule has 5 rings (SSSR count). The fourth-order valence-electron chi connectivity index (χ4n) is 5.26. The van der Waals surface area contributed by atoms with Crippen LogP contribution >= 0.6 is 36.2 Å². The van der Waals surface area contributed by atoms with Crippen LogP contribution in [0.25, 0.3) is 0 Å². The highest BCUT2D eigenvalue weighted by Gasteiger charge is 2.55. The maximum Gasteiger partial charge on any atom is 0.232 e. The van der Waals surface area contributed by atoms with E-state index in [-0.39, 0.29) is 41.6 Å². The molecule has 3 fully saturated rings. The van der Waals surface area contributed by atoms with Crippen LogP contribution in [-0.2, 0) is 14.9 Å². The van der Waals surface area contributed by atoms with Crippen LogP contribution in [0.2, 0.25) is 0 Å². The minimum absolute atomic E-state index is 0. The van der Waals surface area contributed by atoms with Crippen molar-refractivity contribution >= 4 is 47.2 Å². The largest absolute Gasteiger partial charge is 0.380 e. The summed E-state index contributed by atoms with van der Waals surface area (Å²) in [6, 6.07) is 10.5. The summed E-state index contributed by atoms with van der Waals surface area (Å²) in [5.74, 6) is 0.568. The van der Waals surface area contributed by atoms with Crippen LogP contribution in [0.1, 0.15) is 24.1 Å². The topological polar surface area (TPSA) is 80.5 Å². The highest BCUT2D eigenvalue weighted by Crippen LogP contribution is 2.45. The first-order chi connectivity index (χ1) is 13.6. The Hall–Kier alpha value is -1.38. The zero-order valence-electron chi connectivity index (χ0n) is 16.7. The summed E-state index contributed by atoms with van der Waals surface area (Å²) in [6.07, 6.45) is 1.72. The molecule has 30 heavy (non-hydrogen) atoms. The van der Waals surface area contributed by atoms with Gasteiger partial charge in [0, 0.05) is 42.9 Å². The molecular weight excluding hydrogens is 443 g/mol. The van der Waals surface area contributed by atoms with E-state index < -0.39 is 0 Å². The van der Waals surface area contributed by atoms with Gasteiger partial charge in [-0.2, -0.15) is 0 Å². The second kappa shape index (κ2) is 9.01. The molecular formula is C21H28Cl2N4O2S. The first-order valence-electron chi connectivity index (χ1n) is 9.99. The lowest BCUT2D eigenvalue weighted by molar-refractivity contribution is -0.144. The standard InChI is InChI=1S/C21H26N4O2S.2ClH/c22-19-24-17(12-28-19)20(15-4-2-1-3-5-15)6-8-25(9-7-20)18(26)21-13-23-10-16(21)11-27-14-21;;/h1-5,12,16,23H,6-11,13-14H2,(H2,22,24);2*1H/t16-,21-;;/m0../s1. The van der Waals surface area contributed by atoms with Crippen molar-refractivity contribution in [3.63, 3.8) is 0 Å². The molecule has 0 saturated carbocycles. The number of likely N-dealkylation sites (tertiary alicyclic amines) is 1. The van der Waals surface area contributed by atoms with Gasteiger partial charge in [-0.1, -0.05) is 30.3 Å². The number of nitrogen functional groups attached to an aromatic ring is 1. The number of nitrogens with one attached hydrogen (secondary N) is 1. The van der Waals surface area contributed by atoms with Crippen molar-refractivity contribution in [1.82, 2.24) is 15.2 Å². The minimum Gasteiger partial charge on any atom is -0.380 e. The number of hydrogen-bond donors (Lipinski definition) is 2. The average Bonchev–Trinajstić information content (AvgIpc) is 3.44. The number of nitrogens with two attached hydrogens (primary N) is 1. The molecule has 1 aromatic heterocycles. The Labute approximate surface area is 193 Å². The van der Waals surface area contributed by atoms with E-state index in [1.165, 1.54) is 16.9 Å². The number of piperidine rings is 1. The second-order valence-corrected chi connectivity index (χ2v) is 9.20. The Balaban J connectivity index is 0.00000128. The average molecular weight is 471 g/mol. The fourth-order valence-corrected chi connectivity index (χ4v) is 5.92. The Morgan fingerprint density at radius 3 is 2.63 bits per heavy atom. The van der Waals surface area contributed by atoms with Crippen molar-refractivity contribution in [3.05, 3.63) is 47.0 Å². The Morgan fingerprint density at radius 1 is 1.23 bits per heavy atom. The molecule has 1 aromatic carbocycles. The lowest BCUT2D eigenvalue weighted by Gasteiger charge is -2.43. The number of carbonyl (C=O) groups is 1. The molecule has 4 heterocycles. The number of ether oxygens (including phenoxy) is 1. The highest BCUT2D eigenvalue weighted by atomic mass is 35.5. The van der Waals surface area contributed by atoms with Gasteiger partial charge in [-0.05, 0) is 18.4 Å². The second-order valence-electron chi connectivity index (χ2n) is 8.31. The number of fused-ring (bicyclic) bond motifs is 1. The van der Waals surface area contributed by atoms with Gasteiger partial charge in [0.05, 0.1) is 24.3 Å². The number of rotatable bonds is 3. The summed E-state index contributed by atoms with van der Waals surface area (Å²) in [4.78, 5) is 20.2. The molecule has 9 heteroatoms. The lowest BCUT2D eigenvalue weighted by atomic mass is 9.70. The van der Waals surface area contributed by atoms with Crippen LogP contribution in [-0.4, -0.2) is 55.2 Å². The van der Waals surface area contributed by atoms with E-state index in [0.29, 0.717) is 24.3 Å². The zero-order chi connectivity index (χ0) is 19.2. The van der Waals surface area contributed by atoms with E-state index in [1.807, 2.05) is 6.07 Å². The number of hydrogen-bond acceptors (Lipinski definition) is 6. The van der Waals surface area contributed by atoms with Crippen LogP contribution in [0.5, 0.6) is 0 Å². The molecule has 0 radical (unpaired) electrons. The van der Waals surface area contributed by atoms with E-state index in [4.69, 9.17) is 10.5 Å². The smallest absolute Gasteiger partial charge is 0.232 e. The Morgan fingerprint density at radius 2 is 1.97 bits per heavy atom. The number of thiazole rings is 1. The predicted molar refractivity (Wildman–Crippen MR) is 124 cm³/mol. The third-order valence-corrected chi connectivity index (χ3v) is 7.63. The molecule has 3 N–H and O–H groups in total. The number of anilines is 1. The van der Waals surface area contributed by atoms with Gasteiger partial charge in [0.15, 0.2) is 5.13 Å². The molecule has 0 bridgehead atoms. The van der Waals surface area contributed by atoms with Gasteiger partial charge < -0.3 is 20.7 Å². The van der Waals surface area contributed by atoms with Crippen LogP contribution < -0.4 is 11.1 Å². The van der Waals surface area contributed by atoms with Gasteiger partial charge >= 0.3 is 0 Å². The number of aromatic nitrogens is 1. The van der Waals surface area contributed by atoms with Crippen molar-refractivity contribution in [2.75, 3.05) is 45.1 Å². The third kappa shape index (κ3) is 3.60. The van der Waals surface area contributed by atoms with Crippen molar-refractivity contribution in [3.8, 4) is 0 Å². The van der Waals surface area contributed by atoms with Crippen LogP contribution in [0.3, 0.4) is 0 Å². The van der Waals surface area contributed by atoms with E-state index in [9.17, 15) is 4.79 Å². The molecule has 0 spiro atoms. The molecule has 1 amide bonds. The van der Waals surface area contributed by atoms with E-state index in [1.54, 1.807) is 0 Å². The molecule has 2 aromatic rings. The van der Waals surface area contributed by atoms with Gasteiger partial charge in [-0.3, -0.25) is 4.79 Å². The summed E-state index contributed by atoms with van der Waals surface area (Å²) in [7, 11) is 0. The Kier molecular flexibility index (Phi) is 6.99. The van der Waals surface area contributed by atoms with Crippen LogP contribution in [0.4, 0.5) is 5.13 Å². The Bertz CT molecular complexity index is 861. The van der Waals surface area contributed by atoms with Crippen molar-refractivity contribution in [1.29, 1.82) is 0 Å². The highest BCUT2D eigenvalue weighted by molar-refractivity contribution is 7.13. The molecule has 3 saturated heterocycles. The SMILES string of the molecule is Cl.Cl.Nc1nc(C2(c3ccccc3)CCN(C(=O)[C@]34CNC[C@H]3COC4)CC2)cs1. The molecule has 3 aliphatic rings. The van der Waals surface area contributed by atoms with Crippen molar-refractivity contribution in [2.45, 2.75) is 18.3 Å².